The van der Waals surface area contributed by atoms with Crippen molar-refractivity contribution in [3.8, 4) is 0 Å². The number of hydrogen-bond donors (Lipinski definition) is 3. The van der Waals surface area contributed by atoms with Gasteiger partial charge in [0.15, 0.2) is 0 Å². The van der Waals surface area contributed by atoms with Crippen LogP contribution in [0.1, 0.15) is 18.1 Å². The second-order valence-corrected chi connectivity index (χ2v) is 3.32. The van der Waals surface area contributed by atoms with Crippen molar-refractivity contribution in [3.05, 3.63) is 35.4 Å². The zero-order valence-electron chi connectivity index (χ0n) is 8.16. The maximum Gasteiger partial charge on any atom is 0.132 e. The maximum absolute atomic E-state index is 13.2. The van der Waals surface area contributed by atoms with Crippen LogP contribution in [0.25, 0.3) is 0 Å². The first-order valence-electron chi connectivity index (χ1n) is 4.65. The van der Waals surface area contributed by atoms with Crippen molar-refractivity contribution in [3.63, 3.8) is 0 Å². The molecule has 0 fully saturated rings. The summed E-state index contributed by atoms with van der Waals surface area (Å²) in [5, 5.41) is 9.62. The van der Waals surface area contributed by atoms with E-state index in [2.05, 4.69) is 0 Å². The average Bonchev–Trinajstić information content (AvgIpc) is 2.17. The fraction of sp³-hybridized carbons (Fsp3) is 0.400. The van der Waals surface area contributed by atoms with Crippen LogP contribution in [-0.4, -0.2) is 17.7 Å². The van der Waals surface area contributed by atoms with Crippen LogP contribution < -0.4 is 11.5 Å². The van der Waals surface area contributed by atoms with Gasteiger partial charge in [0.1, 0.15) is 11.6 Å². The quantitative estimate of drug-likeness (QED) is 0.692. The summed E-state index contributed by atoms with van der Waals surface area (Å²) in [4.78, 5) is 0. The summed E-state index contributed by atoms with van der Waals surface area (Å²) < 4.78 is 26.4. The minimum absolute atomic E-state index is 0.258. The summed E-state index contributed by atoms with van der Waals surface area (Å²) in [7, 11) is 0. The van der Waals surface area contributed by atoms with E-state index < -0.39 is 29.3 Å². The van der Waals surface area contributed by atoms with Crippen LogP contribution in [0.2, 0.25) is 0 Å². The highest BCUT2D eigenvalue weighted by molar-refractivity contribution is 5.23. The summed E-state index contributed by atoms with van der Waals surface area (Å²) in [5.74, 6) is -1.59. The first-order chi connectivity index (χ1) is 7.07. The van der Waals surface area contributed by atoms with Gasteiger partial charge in [-0.05, 0) is 25.1 Å². The summed E-state index contributed by atoms with van der Waals surface area (Å²) in [6.45, 7) is 0.258. The predicted octanol–water partition coefficient (Wildman–Crippen LogP) is 0.674. The molecule has 2 unspecified atom stereocenters. The molecule has 0 aliphatic heterocycles. The lowest BCUT2D eigenvalue weighted by molar-refractivity contribution is 0.134. The van der Waals surface area contributed by atoms with Crippen molar-refractivity contribution in [2.75, 3.05) is 6.54 Å². The van der Waals surface area contributed by atoms with E-state index in [4.69, 9.17) is 11.5 Å². The maximum atomic E-state index is 13.2. The first-order valence-corrected chi connectivity index (χ1v) is 4.65. The van der Waals surface area contributed by atoms with Gasteiger partial charge in [0.2, 0.25) is 0 Å². The van der Waals surface area contributed by atoms with E-state index in [1.54, 1.807) is 0 Å². The van der Waals surface area contributed by atoms with Gasteiger partial charge >= 0.3 is 0 Å². The van der Waals surface area contributed by atoms with E-state index in [0.717, 1.165) is 12.1 Å². The van der Waals surface area contributed by atoms with Crippen LogP contribution in [0.4, 0.5) is 8.78 Å². The van der Waals surface area contributed by atoms with E-state index in [1.807, 2.05) is 0 Å². The standard InChI is InChI=1S/C10H14F2N2O/c11-6-2-1-3-7(12)9(6)10(15)8(14)4-5-13/h1-3,8,10,15H,4-5,13-14H2. The van der Waals surface area contributed by atoms with Crippen molar-refractivity contribution < 1.29 is 13.9 Å². The van der Waals surface area contributed by atoms with Gasteiger partial charge in [-0.1, -0.05) is 6.07 Å². The highest BCUT2D eigenvalue weighted by atomic mass is 19.1. The lowest BCUT2D eigenvalue weighted by atomic mass is 9.99. The fourth-order valence-electron chi connectivity index (χ4n) is 1.36. The Balaban J connectivity index is 2.94. The molecule has 0 spiro atoms. The average molecular weight is 216 g/mol. The van der Waals surface area contributed by atoms with Crippen LogP contribution in [0.5, 0.6) is 0 Å². The van der Waals surface area contributed by atoms with E-state index in [-0.39, 0.29) is 6.54 Å². The van der Waals surface area contributed by atoms with Gasteiger partial charge < -0.3 is 16.6 Å². The molecule has 5 heteroatoms. The van der Waals surface area contributed by atoms with Crippen LogP contribution in [0, 0.1) is 11.6 Å². The van der Waals surface area contributed by atoms with Crippen LogP contribution >= 0.6 is 0 Å². The molecule has 0 amide bonds. The Bertz CT molecular complexity index is 313. The van der Waals surface area contributed by atoms with Crippen molar-refractivity contribution in [2.24, 2.45) is 11.5 Å². The molecule has 1 aromatic rings. The van der Waals surface area contributed by atoms with Crippen LogP contribution in [0.3, 0.4) is 0 Å². The molecule has 0 saturated carbocycles. The molecule has 0 saturated heterocycles. The van der Waals surface area contributed by atoms with E-state index in [1.165, 1.54) is 6.07 Å². The smallest absolute Gasteiger partial charge is 0.132 e. The molecule has 3 nitrogen and oxygen atoms in total. The minimum Gasteiger partial charge on any atom is -0.387 e. The molecule has 15 heavy (non-hydrogen) atoms. The number of halogens is 2. The fourth-order valence-corrected chi connectivity index (χ4v) is 1.36. The highest BCUT2D eigenvalue weighted by Gasteiger charge is 2.22. The Morgan fingerprint density at radius 2 is 1.80 bits per heavy atom. The number of aliphatic hydroxyl groups excluding tert-OH is 1. The Morgan fingerprint density at radius 3 is 2.27 bits per heavy atom. The third kappa shape index (κ3) is 2.71. The normalized spacial score (nSPS) is 15.0. The summed E-state index contributed by atoms with van der Waals surface area (Å²) >= 11 is 0. The van der Waals surface area contributed by atoms with Gasteiger partial charge in [-0.25, -0.2) is 8.78 Å². The molecule has 1 aromatic carbocycles. The molecule has 0 heterocycles. The van der Waals surface area contributed by atoms with Crippen LogP contribution in [0.15, 0.2) is 18.2 Å². The number of hydrogen-bond acceptors (Lipinski definition) is 3. The van der Waals surface area contributed by atoms with E-state index in [9.17, 15) is 13.9 Å². The molecule has 0 aliphatic rings. The van der Waals surface area contributed by atoms with Gasteiger partial charge in [0, 0.05) is 6.04 Å². The molecule has 0 aliphatic carbocycles. The zero-order valence-corrected chi connectivity index (χ0v) is 8.16. The minimum atomic E-state index is -1.37. The highest BCUT2D eigenvalue weighted by Crippen LogP contribution is 2.23. The van der Waals surface area contributed by atoms with E-state index in [0.29, 0.717) is 6.42 Å². The topological polar surface area (TPSA) is 72.3 Å². The summed E-state index contributed by atoms with van der Waals surface area (Å²) in [5.41, 5.74) is 10.4. The van der Waals surface area contributed by atoms with Gasteiger partial charge in [0.25, 0.3) is 0 Å². The first kappa shape index (κ1) is 12.0. The number of aliphatic hydroxyl groups is 1. The van der Waals surface area contributed by atoms with Crippen molar-refractivity contribution >= 4 is 0 Å². The Morgan fingerprint density at radius 1 is 1.27 bits per heavy atom. The molecule has 0 radical (unpaired) electrons. The Labute approximate surface area is 86.7 Å². The summed E-state index contributed by atoms with van der Waals surface area (Å²) in [6.07, 6.45) is -1.07. The van der Waals surface area contributed by atoms with Crippen LogP contribution in [-0.2, 0) is 0 Å². The second-order valence-electron chi connectivity index (χ2n) is 3.32. The lowest BCUT2D eigenvalue weighted by Crippen LogP contribution is -2.31. The Kier molecular flexibility index (Phi) is 4.14. The van der Waals surface area contributed by atoms with Crippen molar-refractivity contribution in [1.82, 2.24) is 0 Å². The van der Waals surface area contributed by atoms with Gasteiger partial charge in [-0.2, -0.15) is 0 Å². The molecule has 0 bridgehead atoms. The largest absolute Gasteiger partial charge is 0.387 e. The van der Waals surface area contributed by atoms with Crippen molar-refractivity contribution in [2.45, 2.75) is 18.6 Å². The number of benzene rings is 1. The molecule has 2 atom stereocenters. The summed E-state index contributed by atoms with van der Waals surface area (Å²) in [6, 6.07) is 2.63. The van der Waals surface area contributed by atoms with Gasteiger partial charge in [0.05, 0.1) is 11.7 Å². The number of rotatable bonds is 4. The SMILES string of the molecule is NCCC(N)C(O)c1c(F)cccc1F. The zero-order chi connectivity index (χ0) is 11.4. The van der Waals surface area contributed by atoms with Gasteiger partial charge in [-0.15, -0.1) is 0 Å². The third-order valence-corrected chi connectivity index (χ3v) is 2.20. The third-order valence-electron chi connectivity index (χ3n) is 2.20. The number of nitrogens with two attached hydrogens (primary N) is 2. The second kappa shape index (κ2) is 5.16. The van der Waals surface area contributed by atoms with Crippen molar-refractivity contribution in [1.29, 1.82) is 0 Å². The molecule has 0 aromatic heterocycles. The molecule has 1 rings (SSSR count). The molecule has 84 valence electrons. The molecule has 5 N–H and O–H groups in total. The predicted molar refractivity (Wildman–Crippen MR) is 53.0 cm³/mol. The lowest BCUT2D eigenvalue weighted by Gasteiger charge is -2.19. The van der Waals surface area contributed by atoms with E-state index >= 15 is 0 Å². The Hall–Kier alpha value is -1.04. The molecular weight excluding hydrogens is 202 g/mol. The van der Waals surface area contributed by atoms with Gasteiger partial charge in [-0.3, -0.25) is 0 Å². The molecular formula is C10H14F2N2O. The monoisotopic (exact) mass is 216 g/mol.